The average Bonchev–Trinajstić information content (AvgIpc) is 3.73. The van der Waals surface area contributed by atoms with Crippen molar-refractivity contribution in [3.8, 4) is 6.07 Å². The highest BCUT2D eigenvalue weighted by atomic mass is 15.1. The highest BCUT2D eigenvalue weighted by Gasteiger charge is 2.25. The van der Waals surface area contributed by atoms with Crippen LogP contribution in [0.3, 0.4) is 0 Å². The zero-order valence-corrected chi connectivity index (χ0v) is 24.8. The summed E-state index contributed by atoms with van der Waals surface area (Å²) in [5.41, 5.74) is 10.2. The summed E-state index contributed by atoms with van der Waals surface area (Å²) in [6.45, 7) is 0. The van der Waals surface area contributed by atoms with Gasteiger partial charge in [0.2, 0.25) is 0 Å². The SMILES string of the molecule is N#Cc1cccc(/C2=N/C(n3c4ccccc4c4cc5c6ccccc6n6c7ccccc7c(c43)c56)=C\CCc3cccnc32)c1. The van der Waals surface area contributed by atoms with E-state index in [1.807, 2.05) is 36.5 Å². The molecule has 9 aromatic rings. The molecule has 0 bridgehead atoms. The minimum absolute atomic E-state index is 0.599. The Morgan fingerprint density at radius 2 is 1.37 bits per heavy atom. The van der Waals surface area contributed by atoms with Crippen LogP contribution in [0.4, 0.5) is 0 Å². The van der Waals surface area contributed by atoms with Crippen LogP contribution in [0, 0.1) is 11.3 Å². The Morgan fingerprint density at radius 1 is 0.652 bits per heavy atom. The molecule has 0 atom stereocenters. The van der Waals surface area contributed by atoms with Crippen LogP contribution in [0.1, 0.15) is 28.8 Å². The fourth-order valence-corrected chi connectivity index (χ4v) is 7.70. The summed E-state index contributed by atoms with van der Waals surface area (Å²) in [6.07, 6.45) is 5.77. The number of hydrogen-bond donors (Lipinski definition) is 0. The summed E-state index contributed by atoms with van der Waals surface area (Å²) in [4.78, 5) is 10.4. The quantitative estimate of drug-likeness (QED) is 0.202. The number of rotatable bonds is 2. The molecule has 5 aromatic carbocycles. The van der Waals surface area contributed by atoms with E-state index in [0.717, 1.165) is 52.2 Å². The monoisotopic (exact) mass is 587 g/mol. The summed E-state index contributed by atoms with van der Waals surface area (Å²) in [7, 11) is 0. The number of nitriles is 1. The normalized spacial score (nSPS) is 16.0. The van der Waals surface area contributed by atoms with Crippen LogP contribution in [-0.2, 0) is 6.42 Å². The maximum Gasteiger partial charge on any atom is 0.134 e. The molecule has 0 unspecified atom stereocenters. The molecule has 1 aliphatic rings. The number of pyridine rings is 1. The fraction of sp³-hybridized carbons (Fsp3) is 0.0488. The van der Waals surface area contributed by atoms with Crippen molar-refractivity contribution >= 4 is 71.4 Å². The molecular weight excluding hydrogens is 562 g/mol. The third-order valence-corrected chi connectivity index (χ3v) is 9.58. The second-order valence-corrected chi connectivity index (χ2v) is 12.0. The summed E-state index contributed by atoms with van der Waals surface area (Å²) in [6, 6.07) is 42.7. The molecule has 0 N–H and O–H groups in total. The van der Waals surface area contributed by atoms with Gasteiger partial charge in [0.1, 0.15) is 5.82 Å². The number of benzene rings is 5. The maximum absolute atomic E-state index is 9.75. The van der Waals surface area contributed by atoms with Crippen LogP contribution in [0.25, 0.3) is 65.7 Å². The number of aliphatic imine (C=N–C) groups is 1. The van der Waals surface area contributed by atoms with Gasteiger partial charge in [-0.15, -0.1) is 0 Å². The van der Waals surface area contributed by atoms with Gasteiger partial charge in [0.15, 0.2) is 0 Å². The highest BCUT2D eigenvalue weighted by Crippen LogP contribution is 2.46. The summed E-state index contributed by atoms with van der Waals surface area (Å²) in [5, 5.41) is 17.2. The first-order valence-electron chi connectivity index (χ1n) is 15.6. The summed E-state index contributed by atoms with van der Waals surface area (Å²) < 4.78 is 4.80. The largest absolute Gasteiger partial charge is 0.308 e. The van der Waals surface area contributed by atoms with E-state index in [9.17, 15) is 5.26 Å². The molecule has 46 heavy (non-hydrogen) atoms. The lowest BCUT2D eigenvalue weighted by Crippen LogP contribution is -2.13. The van der Waals surface area contributed by atoms with Gasteiger partial charge < -0.3 is 4.40 Å². The van der Waals surface area contributed by atoms with Gasteiger partial charge in [-0.1, -0.05) is 72.8 Å². The molecule has 0 amide bonds. The zero-order chi connectivity index (χ0) is 30.4. The maximum atomic E-state index is 9.75. The summed E-state index contributed by atoms with van der Waals surface area (Å²) >= 11 is 0. The van der Waals surface area contributed by atoms with Gasteiger partial charge in [0, 0.05) is 44.1 Å². The molecule has 0 saturated heterocycles. The van der Waals surface area contributed by atoms with Gasteiger partial charge >= 0.3 is 0 Å². The molecule has 5 heteroatoms. The van der Waals surface area contributed by atoms with E-state index < -0.39 is 0 Å². The zero-order valence-electron chi connectivity index (χ0n) is 24.8. The second kappa shape index (κ2) is 9.37. The Kier molecular flexibility index (Phi) is 5.12. The van der Waals surface area contributed by atoms with Gasteiger partial charge in [-0.3, -0.25) is 9.55 Å². The molecule has 1 aliphatic heterocycles. The summed E-state index contributed by atoms with van der Waals surface area (Å²) in [5.74, 6) is 0.863. The molecule has 0 fully saturated rings. The van der Waals surface area contributed by atoms with Crippen LogP contribution >= 0.6 is 0 Å². The standard InChI is InChI=1S/C41H25N5/c42-24-25-10-7-12-27(22-25)39-38-26(13-9-21-43-38)11-8-20-36(44-39)46-34-18-5-2-15-29(34)32-23-31-28-14-1-4-17-33(28)45-35-19-6-3-16-30(35)37(40(31)45)41(32)46/h1-7,9-10,12-23H,8,11H2/b36-20+,44-39-. The first kappa shape index (κ1) is 25.1. The van der Waals surface area contributed by atoms with E-state index in [0.29, 0.717) is 5.56 Å². The Balaban J connectivity index is 1.39. The van der Waals surface area contributed by atoms with Crippen molar-refractivity contribution < 1.29 is 0 Å². The number of nitrogens with zero attached hydrogens (tertiary/aromatic N) is 5. The Morgan fingerprint density at radius 3 is 2.20 bits per heavy atom. The van der Waals surface area contributed by atoms with Gasteiger partial charge in [-0.2, -0.15) is 5.26 Å². The van der Waals surface area contributed by atoms with Crippen molar-refractivity contribution in [2.75, 3.05) is 0 Å². The van der Waals surface area contributed by atoms with E-state index in [4.69, 9.17) is 9.98 Å². The Bertz CT molecular complexity index is 2820. The number of hydrogen-bond acceptors (Lipinski definition) is 3. The predicted molar refractivity (Wildman–Crippen MR) is 188 cm³/mol. The van der Waals surface area contributed by atoms with E-state index in [1.54, 1.807) is 0 Å². The molecule has 0 radical (unpaired) electrons. The van der Waals surface area contributed by atoms with E-state index in [2.05, 4.69) is 106 Å². The number of aromatic nitrogens is 3. The van der Waals surface area contributed by atoms with E-state index in [1.165, 1.54) is 48.9 Å². The van der Waals surface area contributed by atoms with Crippen molar-refractivity contribution in [3.63, 3.8) is 0 Å². The molecular formula is C41H25N5. The number of fused-ring (bicyclic) bond motifs is 11. The third kappa shape index (κ3) is 3.33. The predicted octanol–water partition coefficient (Wildman–Crippen LogP) is 9.49. The molecule has 4 aromatic heterocycles. The van der Waals surface area contributed by atoms with Crippen LogP contribution in [0.2, 0.25) is 0 Å². The lowest BCUT2D eigenvalue weighted by molar-refractivity contribution is 0.962. The Hall–Kier alpha value is -6.25. The van der Waals surface area contributed by atoms with Crippen LogP contribution in [0.5, 0.6) is 0 Å². The smallest absolute Gasteiger partial charge is 0.134 e. The molecule has 0 saturated carbocycles. The first-order valence-corrected chi connectivity index (χ1v) is 15.6. The molecule has 214 valence electrons. The lowest BCUT2D eigenvalue weighted by atomic mass is 9.97. The van der Waals surface area contributed by atoms with E-state index in [-0.39, 0.29) is 0 Å². The van der Waals surface area contributed by atoms with Crippen molar-refractivity contribution in [3.05, 3.63) is 150 Å². The van der Waals surface area contributed by atoms with Gasteiger partial charge in [0.05, 0.1) is 50.6 Å². The number of para-hydroxylation sites is 3. The molecule has 0 spiro atoms. The molecule has 5 heterocycles. The minimum atomic E-state index is 0.599. The Labute approximate surface area is 263 Å². The highest BCUT2D eigenvalue weighted by molar-refractivity contribution is 6.34. The van der Waals surface area contributed by atoms with Crippen molar-refractivity contribution in [1.82, 2.24) is 14.0 Å². The fourth-order valence-electron chi connectivity index (χ4n) is 7.70. The van der Waals surface area contributed by atoms with E-state index >= 15 is 0 Å². The van der Waals surface area contributed by atoms with Crippen LogP contribution in [0.15, 0.2) is 133 Å². The molecule has 0 aliphatic carbocycles. The van der Waals surface area contributed by atoms with Crippen molar-refractivity contribution in [1.29, 1.82) is 5.26 Å². The minimum Gasteiger partial charge on any atom is -0.308 e. The second-order valence-electron chi connectivity index (χ2n) is 12.0. The third-order valence-electron chi connectivity index (χ3n) is 9.58. The van der Waals surface area contributed by atoms with Crippen LogP contribution < -0.4 is 0 Å². The number of allylic oxidation sites excluding steroid dienone is 1. The van der Waals surface area contributed by atoms with Crippen LogP contribution in [-0.4, -0.2) is 19.7 Å². The first-order chi connectivity index (χ1) is 22.8. The van der Waals surface area contributed by atoms with Crippen molar-refractivity contribution in [2.45, 2.75) is 12.8 Å². The van der Waals surface area contributed by atoms with Crippen molar-refractivity contribution in [2.24, 2.45) is 4.99 Å². The topological polar surface area (TPSA) is 58.4 Å². The van der Waals surface area contributed by atoms with Gasteiger partial charge in [-0.05, 0) is 66.9 Å². The average molecular weight is 588 g/mol. The lowest BCUT2D eigenvalue weighted by Gasteiger charge is -2.17. The molecule has 5 nitrogen and oxygen atoms in total. The van der Waals surface area contributed by atoms with Gasteiger partial charge in [0.25, 0.3) is 0 Å². The van der Waals surface area contributed by atoms with Gasteiger partial charge in [-0.25, -0.2) is 4.99 Å². The number of aryl methyl sites for hydroxylation is 1. The molecule has 10 rings (SSSR count).